The number of hydrogen-bond acceptors (Lipinski definition) is 1. The summed E-state index contributed by atoms with van der Waals surface area (Å²) >= 11 is 0. The Balaban J connectivity index is 2.09. The molecule has 3 nitrogen and oxygen atoms in total. The van der Waals surface area contributed by atoms with E-state index in [1.165, 1.54) is 18.4 Å². The van der Waals surface area contributed by atoms with Crippen molar-refractivity contribution in [2.75, 3.05) is 13.1 Å². The minimum atomic E-state index is 0.559. The SMILES string of the molecule is CC(C)c1ccc(N=C(N)N2CCCC2)cc1. The Morgan fingerprint density at radius 2 is 1.76 bits per heavy atom. The predicted octanol–water partition coefficient (Wildman–Crippen LogP) is 2.85. The van der Waals surface area contributed by atoms with Gasteiger partial charge in [-0.3, -0.25) is 0 Å². The van der Waals surface area contributed by atoms with Gasteiger partial charge >= 0.3 is 0 Å². The summed E-state index contributed by atoms with van der Waals surface area (Å²) in [6.07, 6.45) is 2.45. The smallest absolute Gasteiger partial charge is 0.196 e. The van der Waals surface area contributed by atoms with Crippen molar-refractivity contribution in [2.45, 2.75) is 32.6 Å². The number of rotatable bonds is 2. The van der Waals surface area contributed by atoms with E-state index in [4.69, 9.17) is 5.73 Å². The van der Waals surface area contributed by atoms with Gasteiger partial charge < -0.3 is 10.6 Å². The van der Waals surface area contributed by atoms with Crippen LogP contribution in [-0.2, 0) is 0 Å². The van der Waals surface area contributed by atoms with Gasteiger partial charge in [-0.05, 0) is 36.5 Å². The molecule has 1 fully saturated rings. The van der Waals surface area contributed by atoms with E-state index in [9.17, 15) is 0 Å². The summed E-state index contributed by atoms with van der Waals surface area (Å²) in [6, 6.07) is 8.33. The maximum Gasteiger partial charge on any atom is 0.196 e. The Bertz CT molecular complexity index is 386. The Morgan fingerprint density at radius 1 is 1.18 bits per heavy atom. The molecule has 1 saturated heterocycles. The van der Waals surface area contributed by atoms with Crippen molar-refractivity contribution in [1.82, 2.24) is 4.90 Å². The van der Waals surface area contributed by atoms with Crippen LogP contribution in [0.15, 0.2) is 29.3 Å². The molecule has 0 atom stereocenters. The summed E-state index contributed by atoms with van der Waals surface area (Å²) < 4.78 is 0. The van der Waals surface area contributed by atoms with Crippen LogP contribution in [0.25, 0.3) is 0 Å². The van der Waals surface area contributed by atoms with Gasteiger partial charge in [-0.1, -0.05) is 26.0 Å². The lowest BCUT2D eigenvalue weighted by Crippen LogP contribution is -2.34. The van der Waals surface area contributed by atoms with Crippen molar-refractivity contribution in [3.8, 4) is 0 Å². The van der Waals surface area contributed by atoms with Crippen molar-refractivity contribution in [2.24, 2.45) is 10.7 Å². The molecule has 0 radical (unpaired) electrons. The van der Waals surface area contributed by atoms with Crippen LogP contribution in [0.3, 0.4) is 0 Å². The quantitative estimate of drug-likeness (QED) is 0.628. The van der Waals surface area contributed by atoms with Crippen LogP contribution in [0.1, 0.15) is 38.2 Å². The second-order valence-corrected chi connectivity index (χ2v) is 4.91. The lowest BCUT2D eigenvalue weighted by Gasteiger charge is -2.15. The Kier molecular flexibility index (Phi) is 3.67. The summed E-state index contributed by atoms with van der Waals surface area (Å²) in [5.41, 5.74) is 8.26. The third kappa shape index (κ3) is 2.99. The highest BCUT2D eigenvalue weighted by molar-refractivity contribution is 5.81. The first kappa shape index (κ1) is 12.0. The molecule has 2 rings (SSSR count). The minimum Gasteiger partial charge on any atom is -0.369 e. The number of aliphatic imine (C=N–C) groups is 1. The average Bonchev–Trinajstić information content (AvgIpc) is 2.83. The summed E-state index contributed by atoms with van der Waals surface area (Å²) in [6.45, 7) is 6.46. The van der Waals surface area contributed by atoms with E-state index in [1.807, 2.05) is 12.1 Å². The maximum absolute atomic E-state index is 5.98. The van der Waals surface area contributed by atoms with E-state index in [0.29, 0.717) is 11.9 Å². The molecule has 0 aliphatic carbocycles. The Labute approximate surface area is 103 Å². The molecule has 0 bridgehead atoms. The molecule has 17 heavy (non-hydrogen) atoms. The van der Waals surface area contributed by atoms with Gasteiger partial charge in [0.2, 0.25) is 0 Å². The zero-order chi connectivity index (χ0) is 12.3. The molecule has 3 heteroatoms. The lowest BCUT2D eigenvalue weighted by atomic mass is 10.0. The summed E-state index contributed by atoms with van der Waals surface area (Å²) in [4.78, 5) is 6.61. The average molecular weight is 231 g/mol. The van der Waals surface area contributed by atoms with E-state index < -0.39 is 0 Å². The molecule has 2 N–H and O–H groups in total. The summed E-state index contributed by atoms with van der Waals surface area (Å²) in [5, 5.41) is 0. The number of benzene rings is 1. The molecular formula is C14H21N3. The van der Waals surface area contributed by atoms with Gasteiger partial charge in [0.15, 0.2) is 5.96 Å². The molecule has 0 unspecified atom stereocenters. The number of nitrogens with two attached hydrogens (primary N) is 1. The van der Waals surface area contributed by atoms with Gasteiger partial charge in [-0.2, -0.15) is 0 Å². The highest BCUT2D eigenvalue weighted by atomic mass is 15.3. The molecule has 92 valence electrons. The zero-order valence-electron chi connectivity index (χ0n) is 10.7. The first-order valence-corrected chi connectivity index (χ1v) is 6.36. The Morgan fingerprint density at radius 3 is 2.29 bits per heavy atom. The summed E-state index contributed by atoms with van der Waals surface area (Å²) in [7, 11) is 0. The van der Waals surface area contributed by atoms with E-state index in [0.717, 1.165) is 18.8 Å². The van der Waals surface area contributed by atoms with E-state index in [2.05, 4.69) is 35.9 Å². The zero-order valence-corrected chi connectivity index (χ0v) is 10.7. The van der Waals surface area contributed by atoms with Gasteiger partial charge in [0.25, 0.3) is 0 Å². The fourth-order valence-electron chi connectivity index (χ4n) is 2.08. The molecule has 1 aromatic rings. The normalized spacial score (nSPS) is 16.9. The molecule has 0 spiro atoms. The number of guanidine groups is 1. The van der Waals surface area contributed by atoms with Crippen LogP contribution in [-0.4, -0.2) is 23.9 Å². The van der Waals surface area contributed by atoms with E-state index in [1.54, 1.807) is 0 Å². The van der Waals surface area contributed by atoms with Crippen LogP contribution < -0.4 is 5.73 Å². The predicted molar refractivity (Wildman–Crippen MR) is 72.6 cm³/mol. The van der Waals surface area contributed by atoms with Crippen molar-refractivity contribution < 1.29 is 0 Å². The largest absolute Gasteiger partial charge is 0.369 e. The second kappa shape index (κ2) is 5.21. The third-order valence-electron chi connectivity index (χ3n) is 3.23. The van der Waals surface area contributed by atoms with Crippen LogP contribution in [0.5, 0.6) is 0 Å². The van der Waals surface area contributed by atoms with Gasteiger partial charge in [-0.25, -0.2) is 4.99 Å². The van der Waals surface area contributed by atoms with Gasteiger partial charge in [0.05, 0.1) is 5.69 Å². The van der Waals surface area contributed by atoms with Crippen molar-refractivity contribution in [3.05, 3.63) is 29.8 Å². The van der Waals surface area contributed by atoms with E-state index >= 15 is 0 Å². The molecule has 0 aromatic heterocycles. The lowest BCUT2D eigenvalue weighted by molar-refractivity contribution is 0.513. The first-order chi connectivity index (χ1) is 8.16. The molecular weight excluding hydrogens is 210 g/mol. The van der Waals surface area contributed by atoms with Crippen LogP contribution >= 0.6 is 0 Å². The van der Waals surface area contributed by atoms with Crippen LogP contribution in [0.2, 0.25) is 0 Å². The standard InChI is InChI=1S/C14H21N3/c1-11(2)12-5-7-13(8-6-12)16-14(15)17-9-3-4-10-17/h5-8,11H,3-4,9-10H2,1-2H3,(H2,15,16). The molecule has 1 heterocycles. The highest BCUT2D eigenvalue weighted by Crippen LogP contribution is 2.19. The number of likely N-dealkylation sites (tertiary alicyclic amines) is 1. The molecule has 0 amide bonds. The van der Waals surface area contributed by atoms with Crippen molar-refractivity contribution >= 4 is 11.6 Å². The monoisotopic (exact) mass is 231 g/mol. The topological polar surface area (TPSA) is 41.6 Å². The van der Waals surface area contributed by atoms with Crippen molar-refractivity contribution in [3.63, 3.8) is 0 Å². The fourth-order valence-corrected chi connectivity index (χ4v) is 2.08. The first-order valence-electron chi connectivity index (χ1n) is 6.36. The number of nitrogens with zero attached hydrogens (tertiary/aromatic N) is 2. The summed E-state index contributed by atoms with van der Waals surface area (Å²) in [5.74, 6) is 1.21. The highest BCUT2D eigenvalue weighted by Gasteiger charge is 2.13. The van der Waals surface area contributed by atoms with Gasteiger partial charge in [0.1, 0.15) is 0 Å². The van der Waals surface area contributed by atoms with Gasteiger partial charge in [-0.15, -0.1) is 0 Å². The number of hydrogen-bond donors (Lipinski definition) is 1. The van der Waals surface area contributed by atoms with E-state index in [-0.39, 0.29) is 0 Å². The third-order valence-corrected chi connectivity index (χ3v) is 3.23. The maximum atomic E-state index is 5.98. The fraction of sp³-hybridized carbons (Fsp3) is 0.500. The molecule has 1 aliphatic rings. The van der Waals surface area contributed by atoms with Crippen molar-refractivity contribution in [1.29, 1.82) is 0 Å². The molecule has 1 aliphatic heterocycles. The Hall–Kier alpha value is -1.51. The molecule has 0 saturated carbocycles. The van der Waals surface area contributed by atoms with Gasteiger partial charge in [0, 0.05) is 13.1 Å². The van der Waals surface area contributed by atoms with Crippen LogP contribution in [0, 0.1) is 0 Å². The second-order valence-electron chi connectivity index (χ2n) is 4.91. The van der Waals surface area contributed by atoms with Crippen LogP contribution in [0.4, 0.5) is 5.69 Å². The molecule has 1 aromatic carbocycles. The minimum absolute atomic E-state index is 0.559.